The molecule has 0 saturated carbocycles. The van der Waals surface area contributed by atoms with E-state index in [4.69, 9.17) is 11.6 Å². The fourth-order valence-electron chi connectivity index (χ4n) is 1.13. The fraction of sp³-hybridized carbons (Fsp3) is 0.444. The third kappa shape index (κ3) is 2.85. The maximum Gasteiger partial charge on any atom is 0.142 e. The molecule has 0 saturated heterocycles. The summed E-state index contributed by atoms with van der Waals surface area (Å²) in [6, 6.07) is 3.89. The Morgan fingerprint density at radius 1 is 1.62 bits per heavy atom. The van der Waals surface area contributed by atoms with Crippen molar-refractivity contribution in [3.63, 3.8) is 0 Å². The first-order valence-corrected chi connectivity index (χ1v) is 5.53. The molecular weight excluding hydrogens is 251 g/mol. The van der Waals surface area contributed by atoms with Gasteiger partial charge in [0.15, 0.2) is 0 Å². The molecule has 0 spiro atoms. The van der Waals surface area contributed by atoms with Crippen molar-refractivity contribution in [3.8, 4) is 0 Å². The second-order valence-electron chi connectivity index (χ2n) is 2.58. The number of aromatic nitrogens is 1. The molecule has 0 aliphatic carbocycles. The van der Waals surface area contributed by atoms with Crippen LogP contribution in [-0.4, -0.2) is 24.0 Å². The highest BCUT2D eigenvalue weighted by Gasteiger charge is 2.07. The van der Waals surface area contributed by atoms with Gasteiger partial charge in [0, 0.05) is 25.2 Å². The Hall–Kier alpha value is -0.280. The SMILES string of the molecule is CCN(CCCl)c1ncccc1Br. The predicted molar refractivity (Wildman–Crippen MR) is 60.5 cm³/mol. The van der Waals surface area contributed by atoms with Crippen molar-refractivity contribution in [2.75, 3.05) is 23.9 Å². The highest BCUT2D eigenvalue weighted by atomic mass is 79.9. The monoisotopic (exact) mass is 262 g/mol. The van der Waals surface area contributed by atoms with E-state index < -0.39 is 0 Å². The second kappa shape index (κ2) is 5.45. The summed E-state index contributed by atoms with van der Waals surface area (Å²) in [7, 11) is 0. The van der Waals surface area contributed by atoms with Crippen LogP contribution in [0.3, 0.4) is 0 Å². The first-order valence-electron chi connectivity index (χ1n) is 4.21. The van der Waals surface area contributed by atoms with Gasteiger partial charge in [0.2, 0.25) is 0 Å². The molecule has 13 heavy (non-hydrogen) atoms. The van der Waals surface area contributed by atoms with Gasteiger partial charge in [-0.1, -0.05) is 0 Å². The number of nitrogens with zero attached hydrogens (tertiary/aromatic N) is 2. The zero-order valence-electron chi connectivity index (χ0n) is 7.50. The van der Waals surface area contributed by atoms with Gasteiger partial charge in [0.05, 0.1) is 4.47 Å². The molecule has 0 unspecified atom stereocenters. The molecule has 1 aromatic heterocycles. The molecule has 0 radical (unpaired) electrons. The third-order valence-corrected chi connectivity index (χ3v) is 2.56. The standard InChI is InChI=1S/C9H12BrClN2/c1-2-13(7-5-11)9-8(10)4-3-6-12-9/h3-4,6H,2,5,7H2,1H3. The molecule has 2 nitrogen and oxygen atoms in total. The van der Waals surface area contributed by atoms with Crippen molar-refractivity contribution in [2.24, 2.45) is 0 Å². The Bertz CT molecular complexity index is 268. The van der Waals surface area contributed by atoms with Crippen molar-refractivity contribution in [1.82, 2.24) is 4.98 Å². The Kier molecular flexibility index (Phi) is 4.53. The number of rotatable bonds is 4. The second-order valence-corrected chi connectivity index (χ2v) is 3.81. The van der Waals surface area contributed by atoms with Crippen LogP contribution in [0.2, 0.25) is 0 Å². The van der Waals surface area contributed by atoms with E-state index in [0.717, 1.165) is 23.4 Å². The van der Waals surface area contributed by atoms with Crippen LogP contribution in [0.25, 0.3) is 0 Å². The Morgan fingerprint density at radius 3 is 2.92 bits per heavy atom. The molecule has 1 rings (SSSR count). The smallest absolute Gasteiger partial charge is 0.142 e. The van der Waals surface area contributed by atoms with E-state index in [0.29, 0.717) is 5.88 Å². The van der Waals surface area contributed by atoms with E-state index in [2.05, 4.69) is 32.7 Å². The zero-order chi connectivity index (χ0) is 9.68. The minimum absolute atomic E-state index is 0.622. The zero-order valence-corrected chi connectivity index (χ0v) is 9.85. The molecule has 0 N–H and O–H groups in total. The molecule has 0 fully saturated rings. The lowest BCUT2D eigenvalue weighted by Crippen LogP contribution is -2.26. The van der Waals surface area contributed by atoms with Crippen molar-refractivity contribution < 1.29 is 0 Å². The summed E-state index contributed by atoms with van der Waals surface area (Å²) < 4.78 is 1.02. The lowest BCUT2D eigenvalue weighted by Gasteiger charge is -2.21. The first kappa shape index (κ1) is 10.8. The largest absolute Gasteiger partial charge is 0.355 e. The summed E-state index contributed by atoms with van der Waals surface area (Å²) in [5.41, 5.74) is 0. The van der Waals surface area contributed by atoms with E-state index in [9.17, 15) is 0 Å². The first-order chi connectivity index (χ1) is 6.29. The van der Waals surface area contributed by atoms with Crippen LogP contribution in [0.4, 0.5) is 5.82 Å². The van der Waals surface area contributed by atoms with E-state index >= 15 is 0 Å². The van der Waals surface area contributed by atoms with Gasteiger partial charge in [-0.3, -0.25) is 0 Å². The highest BCUT2D eigenvalue weighted by molar-refractivity contribution is 9.10. The summed E-state index contributed by atoms with van der Waals surface area (Å²) >= 11 is 9.15. The molecule has 0 amide bonds. The highest BCUT2D eigenvalue weighted by Crippen LogP contribution is 2.22. The normalized spacial score (nSPS) is 10.1. The fourth-order valence-corrected chi connectivity index (χ4v) is 1.84. The Labute approximate surface area is 92.0 Å². The van der Waals surface area contributed by atoms with Crippen LogP contribution in [0.5, 0.6) is 0 Å². The van der Waals surface area contributed by atoms with Crippen LogP contribution >= 0.6 is 27.5 Å². The number of hydrogen-bond donors (Lipinski definition) is 0. The molecule has 72 valence electrons. The van der Waals surface area contributed by atoms with Crippen molar-refractivity contribution in [1.29, 1.82) is 0 Å². The average molecular weight is 264 g/mol. The maximum absolute atomic E-state index is 5.69. The van der Waals surface area contributed by atoms with Crippen LogP contribution in [-0.2, 0) is 0 Å². The van der Waals surface area contributed by atoms with Crippen LogP contribution in [0, 0.1) is 0 Å². The molecule has 0 bridgehead atoms. The molecule has 0 aliphatic heterocycles. The van der Waals surface area contributed by atoms with E-state index in [1.807, 2.05) is 12.1 Å². The van der Waals surface area contributed by atoms with E-state index in [1.165, 1.54) is 0 Å². The Balaban J connectivity index is 2.84. The number of halogens is 2. The van der Waals surface area contributed by atoms with Crippen molar-refractivity contribution >= 4 is 33.3 Å². The lowest BCUT2D eigenvalue weighted by atomic mass is 10.4. The summed E-state index contributed by atoms with van der Waals surface area (Å²) in [5.74, 6) is 1.59. The summed E-state index contributed by atoms with van der Waals surface area (Å²) in [6.45, 7) is 3.84. The van der Waals surface area contributed by atoms with Crippen LogP contribution in [0.15, 0.2) is 22.8 Å². The average Bonchev–Trinajstić information content (AvgIpc) is 2.16. The molecule has 1 heterocycles. The van der Waals surface area contributed by atoms with E-state index in [-0.39, 0.29) is 0 Å². The molecular formula is C9H12BrClN2. The molecule has 0 aliphatic rings. The van der Waals surface area contributed by atoms with Crippen LogP contribution < -0.4 is 4.90 Å². The Morgan fingerprint density at radius 2 is 2.38 bits per heavy atom. The van der Waals surface area contributed by atoms with Gasteiger partial charge in [0.1, 0.15) is 5.82 Å². The summed E-state index contributed by atoms with van der Waals surface area (Å²) in [4.78, 5) is 6.42. The van der Waals surface area contributed by atoms with Gasteiger partial charge in [-0.05, 0) is 35.0 Å². The van der Waals surface area contributed by atoms with Crippen molar-refractivity contribution in [2.45, 2.75) is 6.92 Å². The quantitative estimate of drug-likeness (QED) is 0.777. The van der Waals surface area contributed by atoms with E-state index in [1.54, 1.807) is 6.20 Å². The molecule has 0 aromatic carbocycles. The van der Waals surface area contributed by atoms with Gasteiger partial charge in [-0.15, -0.1) is 11.6 Å². The summed E-state index contributed by atoms with van der Waals surface area (Å²) in [5, 5.41) is 0. The van der Waals surface area contributed by atoms with Gasteiger partial charge in [0.25, 0.3) is 0 Å². The lowest BCUT2D eigenvalue weighted by molar-refractivity contribution is 0.846. The molecule has 1 aromatic rings. The number of anilines is 1. The predicted octanol–water partition coefficient (Wildman–Crippen LogP) is 2.91. The molecule has 0 atom stereocenters. The van der Waals surface area contributed by atoms with Gasteiger partial charge in [-0.25, -0.2) is 4.98 Å². The summed E-state index contributed by atoms with van der Waals surface area (Å²) in [6.07, 6.45) is 1.79. The van der Waals surface area contributed by atoms with Crippen LogP contribution in [0.1, 0.15) is 6.92 Å². The number of pyridine rings is 1. The minimum atomic E-state index is 0.622. The van der Waals surface area contributed by atoms with Gasteiger partial charge in [-0.2, -0.15) is 0 Å². The minimum Gasteiger partial charge on any atom is -0.355 e. The third-order valence-electron chi connectivity index (χ3n) is 1.77. The number of hydrogen-bond acceptors (Lipinski definition) is 2. The topological polar surface area (TPSA) is 16.1 Å². The molecule has 4 heteroatoms. The maximum atomic E-state index is 5.69. The number of alkyl halides is 1. The van der Waals surface area contributed by atoms with Gasteiger partial charge >= 0.3 is 0 Å². The van der Waals surface area contributed by atoms with Crippen molar-refractivity contribution in [3.05, 3.63) is 22.8 Å². The van der Waals surface area contributed by atoms with Gasteiger partial charge < -0.3 is 4.90 Å².